The van der Waals surface area contributed by atoms with Gasteiger partial charge in [-0.15, -0.1) is 21.5 Å². The van der Waals surface area contributed by atoms with Gasteiger partial charge in [-0.25, -0.2) is 4.79 Å². The number of thiophene rings is 1. The molecule has 2 aromatic carbocycles. The van der Waals surface area contributed by atoms with Gasteiger partial charge in [0.2, 0.25) is 5.01 Å². The first kappa shape index (κ1) is 20.3. The highest BCUT2D eigenvalue weighted by Gasteiger charge is 2.20. The number of benzene rings is 2. The van der Waals surface area contributed by atoms with E-state index in [4.69, 9.17) is 21.1 Å². The number of nitrogens with one attached hydrogen (secondary N) is 1. The lowest BCUT2D eigenvalue weighted by molar-refractivity contribution is 0.0477. The van der Waals surface area contributed by atoms with E-state index in [2.05, 4.69) is 15.5 Å². The smallest absolute Gasteiger partial charge is 0.350 e. The topological polar surface area (TPSA) is 90.4 Å². The van der Waals surface area contributed by atoms with E-state index < -0.39 is 11.9 Å². The van der Waals surface area contributed by atoms with Crippen molar-refractivity contribution in [2.45, 2.75) is 6.61 Å². The van der Waals surface area contributed by atoms with E-state index in [0.717, 1.165) is 21.4 Å². The predicted octanol–water partition coefficient (Wildman–Crippen LogP) is 5.02. The van der Waals surface area contributed by atoms with E-state index in [1.807, 2.05) is 24.3 Å². The third-order valence-corrected chi connectivity index (χ3v) is 6.61. The molecule has 0 aliphatic carbocycles. The van der Waals surface area contributed by atoms with Gasteiger partial charge in [0.1, 0.15) is 17.2 Å². The molecule has 2 heterocycles. The minimum Gasteiger partial charge on any atom is -0.497 e. The predicted molar refractivity (Wildman–Crippen MR) is 117 cm³/mol. The lowest BCUT2D eigenvalue weighted by atomic mass is 10.2. The number of carbonyl (C=O) groups is 2. The van der Waals surface area contributed by atoms with E-state index in [1.165, 1.54) is 11.3 Å². The SMILES string of the molecule is COc1ccc(NC(=O)c2nnc(COC(=O)c3sc4ccccc4c3Cl)s2)cc1. The van der Waals surface area contributed by atoms with Crippen molar-refractivity contribution in [3.8, 4) is 5.75 Å². The Morgan fingerprint density at radius 2 is 1.83 bits per heavy atom. The van der Waals surface area contributed by atoms with Crippen LogP contribution in [0, 0.1) is 0 Å². The molecule has 0 aliphatic rings. The molecule has 4 rings (SSSR count). The molecule has 0 unspecified atom stereocenters. The summed E-state index contributed by atoms with van der Waals surface area (Å²) < 4.78 is 11.3. The number of esters is 1. The number of amides is 1. The number of carbonyl (C=O) groups excluding carboxylic acids is 2. The first-order chi connectivity index (χ1) is 14.5. The summed E-state index contributed by atoms with van der Waals surface area (Å²) in [5.41, 5.74) is 0.600. The number of methoxy groups -OCH3 is 1. The highest BCUT2D eigenvalue weighted by atomic mass is 35.5. The zero-order valence-corrected chi connectivity index (χ0v) is 17.9. The lowest BCUT2D eigenvalue weighted by Crippen LogP contribution is -2.11. The summed E-state index contributed by atoms with van der Waals surface area (Å²) >= 11 is 8.62. The van der Waals surface area contributed by atoms with Crippen LogP contribution >= 0.6 is 34.3 Å². The first-order valence-corrected chi connectivity index (χ1v) is 10.7. The van der Waals surface area contributed by atoms with Gasteiger partial charge in [0.05, 0.1) is 12.1 Å². The molecule has 0 spiro atoms. The van der Waals surface area contributed by atoms with Crippen LogP contribution < -0.4 is 10.1 Å². The van der Waals surface area contributed by atoms with Gasteiger partial charge in [-0.3, -0.25) is 4.79 Å². The van der Waals surface area contributed by atoms with Crippen LogP contribution in [0.3, 0.4) is 0 Å². The number of anilines is 1. The van der Waals surface area contributed by atoms with Crippen molar-refractivity contribution in [2.24, 2.45) is 0 Å². The molecule has 1 N–H and O–H groups in total. The summed E-state index contributed by atoms with van der Waals surface area (Å²) in [5.74, 6) is -0.254. The highest BCUT2D eigenvalue weighted by molar-refractivity contribution is 7.21. The fourth-order valence-corrected chi connectivity index (χ4v) is 4.65. The van der Waals surface area contributed by atoms with Crippen molar-refractivity contribution in [3.05, 3.63) is 68.4 Å². The Morgan fingerprint density at radius 1 is 1.07 bits per heavy atom. The summed E-state index contributed by atoms with van der Waals surface area (Å²) in [6.07, 6.45) is 0. The quantitative estimate of drug-likeness (QED) is 0.407. The molecule has 0 atom stereocenters. The molecule has 2 aromatic heterocycles. The maximum Gasteiger partial charge on any atom is 0.350 e. The zero-order valence-electron chi connectivity index (χ0n) is 15.5. The Hall–Kier alpha value is -3.01. The van der Waals surface area contributed by atoms with Crippen molar-refractivity contribution in [1.29, 1.82) is 0 Å². The van der Waals surface area contributed by atoms with Crippen molar-refractivity contribution in [2.75, 3.05) is 12.4 Å². The van der Waals surface area contributed by atoms with Crippen LogP contribution in [0.4, 0.5) is 5.69 Å². The van der Waals surface area contributed by atoms with Gasteiger partial charge in [0.25, 0.3) is 5.91 Å². The fourth-order valence-electron chi connectivity index (χ4n) is 2.60. The molecule has 0 radical (unpaired) electrons. The van der Waals surface area contributed by atoms with Gasteiger partial charge in [0, 0.05) is 15.8 Å². The molecule has 1 amide bonds. The number of hydrogen-bond donors (Lipinski definition) is 1. The largest absolute Gasteiger partial charge is 0.497 e. The molecule has 0 aliphatic heterocycles. The molecule has 0 saturated heterocycles. The van der Waals surface area contributed by atoms with Crippen molar-refractivity contribution >= 4 is 61.9 Å². The van der Waals surface area contributed by atoms with E-state index in [0.29, 0.717) is 26.3 Å². The van der Waals surface area contributed by atoms with Gasteiger partial charge in [0.15, 0.2) is 5.01 Å². The van der Waals surface area contributed by atoms with E-state index >= 15 is 0 Å². The minimum atomic E-state index is -0.541. The van der Waals surface area contributed by atoms with Gasteiger partial charge >= 0.3 is 5.97 Å². The first-order valence-electron chi connectivity index (χ1n) is 8.67. The molecular weight excluding hydrogens is 446 g/mol. The highest BCUT2D eigenvalue weighted by Crippen LogP contribution is 2.35. The second kappa shape index (κ2) is 8.78. The fraction of sp³-hybridized carbons (Fsp3) is 0.100. The van der Waals surface area contributed by atoms with Crippen LogP contribution in [-0.2, 0) is 11.3 Å². The number of fused-ring (bicyclic) bond motifs is 1. The summed E-state index contributed by atoms with van der Waals surface area (Å²) in [6.45, 7) is -0.100. The van der Waals surface area contributed by atoms with Gasteiger partial charge < -0.3 is 14.8 Å². The summed E-state index contributed by atoms with van der Waals surface area (Å²) in [6, 6.07) is 14.4. The van der Waals surface area contributed by atoms with Crippen LogP contribution in [-0.4, -0.2) is 29.2 Å². The molecule has 7 nitrogen and oxygen atoms in total. The number of aromatic nitrogens is 2. The molecule has 152 valence electrons. The molecule has 10 heteroatoms. The van der Waals surface area contributed by atoms with Gasteiger partial charge in [-0.2, -0.15) is 0 Å². The number of hydrogen-bond acceptors (Lipinski definition) is 8. The van der Waals surface area contributed by atoms with Crippen molar-refractivity contribution in [1.82, 2.24) is 10.2 Å². The maximum absolute atomic E-state index is 12.4. The minimum absolute atomic E-state index is 0.100. The lowest BCUT2D eigenvalue weighted by Gasteiger charge is -2.04. The van der Waals surface area contributed by atoms with Crippen molar-refractivity contribution < 1.29 is 19.1 Å². The second-order valence-corrected chi connectivity index (χ2v) is 8.49. The third kappa shape index (κ3) is 4.28. The van der Waals surface area contributed by atoms with Crippen LogP contribution in [0.1, 0.15) is 24.5 Å². The number of halogens is 1. The Labute approximate surface area is 184 Å². The van der Waals surface area contributed by atoms with E-state index in [9.17, 15) is 9.59 Å². The molecular formula is C20H14ClN3O4S2. The van der Waals surface area contributed by atoms with E-state index in [-0.39, 0.29) is 11.6 Å². The number of rotatable bonds is 6. The summed E-state index contributed by atoms with van der Waals surface area (Å²) in [5, 5.41) is 12.3. The number of nitrogens with zero attached hydrogens (tertiary/aromatic N) is 2. The summed E-state index contributed by atoms with van der Waals surface area (Å²) in [7, 11) is 1.57. The number of ether oxygens (including phenoxy) is 2. The Bertz CT molecular complexity index is 1220. The zero-order chi connectivity index (χ0) is 21.1. The van der Waals surface area contributed by atoms with Crippen molar-refractivity contribution in [3.63, 3.8) is 0 Å². The normalized spacial score (nSPS) is 10.7. The van der Waals surface area contributed by atoms with Gasteiger partial charge in [-0.05, 0) is 30.3 Å². The molecule has 0 fully saturated rings. The van der Waals surface area contributed by atoms with E-state index in [1.54, 1.807) is 31.4 Å². The third-order valence-electron chi connectivity index (χ3n) is 4.06. The van der Waals surface area contributed by atoms with Gasteiger partial charge in [-0.1, -0.05) is 41.1 Å². The Balaban J connectivity index is 1.38. The Kier molecular flexibility index (Phi) is 5.93. The van der Waals surface area contributed by atoms with Crippen LogP contribution in [0.2, 0.25) is 5.02 Å². The average Bonchev–Trinajstić information content (AvgIpc) is 3.38. The molecule has 30 heavy (non-hydrogen) atoms. The maximum atomic E-state index is 12.4. The van der Waals surface area contributed by atoms with Crippen LogP contribution in [0.5, 0.6) is 5.75 Å². The monoisotopic (exact) mass is 459 g/mol. The molecule has 0 saturated carbocycles. The standard InChI is InChI=1S/C20H14ClN3O4S2/c1-27-12-8-6-11(7-9-12)22-18(25)19-24-23-15(30-19)10-28-20(26)17-16(21)13-4-2-3-5-14(13)29-17/h2-9H,10H2,1H3,(H,22,25). The molecule has 4 aromatic rings. The molecule has 0 bridgehead atoms. The van der Waals surface area contributed by atoms with Crippen LogP contribution in [0.25, 0.3) is 10.1 Å². The van der Waals surface area contributed by atoms with Crippen LogP contribution in [0.15, 0.2) is 48.5 Å². The average molecular weight is 460 g/mol. The Morgan fingerprint density at radius 3 is 2.57 bits per heavy atom. The summed E-state index contributed by atoms with van der Waals surface area (Å²) in [4.78, 5) is 25.1. The second-order valence-electron chi connectivity index (χ2n) is 6.00.